The van der Waals surface area contributed by atoms with Gasteiger partial charge in [-0.1, -0.05) is 0 Å². The Morgan fingerprint density at radius 1 is 0.846 bits per heavy atom. The summed E-state index contributed by atoms with van der Waals surface area (Å²) < 4.78 is 0. The van der Waals surface area contributed by atoms with Crippen LogP contribution in [0.5, 0.6) is 0 Å². The van der Waals surface area contributed by atoms with Crippen molar-refractivity contribution in [3.05, 3.63) is 0 Å². The third-order valence-corrected chi connectivity index (χ3v) is 1.57. The van der Waals surface area contributed by atoms with Crippen molar-refractivity contribution in [3.63, 3.8) is 0 Å². The molecule has 4 amide bonds. The molecule has 0 aromatic heterocycles. The highest BCUT2D eigenvalue weighted by Crippen LogP contribution is 2.04. The number of imide groups is 2. The highest BCUT2D eigenvalue weighted by Gasteiger charge is 2.40. The molecule has 0 aliphatic carbocycles. The van der Waals surface area contributed by atoms with Crippen molar-refractivity contribution in [3.8, 4) is 0 Å². The fourth-order valence-electron chi connectivity index (χ4n) is 0.795. The quantitative estimate of drug-likeness (QED) is 0.401. The second kappa shape index (κ2) is 3.31. The lowest BCUT2D eigenvalue weighted by molar-refractivity contribution is -0.154. The molecule has 1 aliphatic rings. The van der Waals surface area contributed by atoms with Crippen molar-refractivity contribution >= 4 is 23.6 Å². The monoisotopic (exact) mass is 188 g/mol. The van der Waals surface area contributed by atoms with Crippen LogP contribution in [0.4, 0.5) is 4.79 Å². The molecule has 1 rings (SSSR count). The van der Waals surface area contributed by atoms with E-state index in [1.807, 2.05) is 0 Å². The van der Waals surface area contributed by atoms with Gasteiger partial charge in [-0.05, 0) is 0 Å². The average Bonchev–Trinajstić information content (AvgIpc) is 2.08. The van der Waals surface area contributed by atoms with Crippen molar-refractivity contribution in [1.29, 1.82) is 0 Å². The van der Waals surface area contributed by atoms with Crippen molar-refractivity contribution in [2.75, 3.05) is 14.1 Å². The molecule has 0 atom stereocenters. The smallest absolute Gasteiger partial charge is 0.333 e. The van der Waals surface area contributed by atoms with Crippen molar-refractivity contribution in [2.24, 2.45) is 0 Å². The highest BCUT2D eigenvalue weighted by atomic mass is 16.2. The Kier molecular flexibility index (Phi) is 2.87. The first-order chi connectivity index (χ1) is 5.46. The van der Waals surface area contributed by atoms with Gasteiger partial charge in [0.05, 0.1) is 0 Å². The summed E-state index contributed by atoms with van der Waals surface area (Å²) in [5.74, 6) is -3.34. The third kappa shape index (κ3) is 1.41. The third-order valence-electron chi connectivity index (χ3n) is 1.57. The zero-order valence-corrected chi connectivity index (χ0v) is 7.03. The maximum atomic E-state index is 10.9. The van der Waals surface area contributed by atoms with Crippen molar-refractivity contribution in [2.45, 2.75) is 0 Å². The minimum Gasteiger partial charge on any atom is -0.412 e. The topological polar surface area (TPSA) is 106 Å². The first-order valence-corrected chi connectivity index (χ1v) is 3.11. The molecule has 72 valence electrons. The highest BCUT2D eigenvalue weighted by molar-refractivity contribution is 6.66. The lowest BCUT2D eigenvalue weighted by Crippen LogP contribution is -2.57. The molecular formula is C6H8N2O5. The molecule has 0 bridgehead atoms. The van der Waals surface area contributed by atoms with Crippen LogP contribution < -0.4 is 0 Å². The number of likely N-dealkylation sites (N-methyl/N-ethyl adjacent to an activating group) is 2. The maximum Gasteiger partial charge on any atom is 0.333 e. The molecule has 1 heterocycles. The van der Waals surface area contributed by atoms with Gasteiger partial charge in [0.1, 0.15) is 0 Å². The molecule has 1 saturated heterocycles. The normalized spacial score (nSPS) is 17.7. The summed E-state index contributed by atoms with van der Waals surface area (Å²) in [6.07, 6.45) is 0. The number of barbiturate groups is 1. The van der Waals surface area contributed by atoms with E-state index in [0.29, 0.717) is 9.80 Å². The number of hydrogen-bond donors (Lipinski definition) is 0. The van der Waals surface area contributed by atoms with E-state index in [9.17, 15) is 19.2 Å². The van der Waals surface area contributed by atoms with E-state index in [1.165, 1.54) is 0 Å². The van der Waals surface area contributed by atoms with Crippen LogP contribution in [0.2, 0.25) is 0 Å². The summed E-state index contributed by atoms with van der Waals surface area (Å²) in [4.78, 5) is 44.5. The number of nitrogens with zero attached hydrogens (tertiary/aromatic N) is 2. The van der Waals surface area contributed by atoms with Gasteiger partial charge in [0.25, 0.3) is 0 Å². The van der Waals surface area contributed by atoms with E-state index < -0.39 is 23.6 Å². The SMILES string of the molecule is CN1C(=O)C(=O)C(=O)N(C)C1=O.O. The zero-order chi connectivity index (χ0) is 9.46. The molecule has 1 aliphatic heterocycles. The van der Waals surface area contributed by atoms with Gasteiger partial charge >= 0.3 is 23.6 Å². The average molecular weight is 188 g/mol. The molecular weight excluding hydrogens is 180 g/mol. The molecule has 0 aromatic carbocycles. The summed E-state index contributed by atoms with van der Waals surface area (Å²) in [5, 5.41) is 0. The Labute approximate surface area is 73.2 Å². The van der Waals surface area contributed by atoms with E-state index >= 15 is 0 Å². The van der Waals surface area contributed by atoms with Crippen LogP contribution in [0.15, 0.2) is 0 Å². The number of hydrogen-bond acceptors (Lipinski definition) is 4. The van der Waals surface area contributed by atoms with E-state index in [-0.39, 0.29) is 5.48 Å². The minimum atomic E-state index is -1.18. The largest absolute Gasteiger partial charge is 0.412 e. The van der Waals surface area contributed by atoms with Gasteiger partial charge in [0, 0.05) is 14.1 Å². The van der Waals surface area contributed by atoms with Gasteiger partial charge in [-0.3, -0.25) is 24.2 Å². The predicted octanol–water partition coefficient (Wildman–Crippen LogP) is -2.22. The zero-order valence-electron chi connectivity index (χ0n) is 7.03. The lowest BCUT2D eigenvalue weighted by atomic mass is 10.2. The maximum absolute atomic E-state index is 10.9. The van der Waals surface area contributed by atoms with Crippen LogP contribution in [0, 0.1) is 0 Å². The van der Waals surface area contributed by atoms with Gasteiger partial charge in [0.2, 0.25) is 0 Å². The van der Waals surface area contributed by atoms with E-state index in [2.05, 4.69) is 0 Å². The van der Waals surface area contributed by atoms with E-state index in [4.69, 9.17) is 0 Å². The number of urea groups is 1. The van der Waals surface area contributed by atoms with E-state index in [0.717, 1.165) is 14.1 Å². The Morgan fingerprint density at radius 3 is 1.46 bits per heavy atom. The number of carbonyl (C=O) groups excluding carboxylic acids is 4. The first kappa shape index (κ1) is 11.2. The van der Waals surface area contributed by atoms with Crippen LogP contribution in [0.3, 0.4) is 0 Å². The molecule has 7 heteroatoms. The Balaban J connectivity index is 0.00000144. The molecule has 7 nitrogen and oxygen atoms in total. The molecule has 0 aromatic rings. The second-order valence-electron chi connectivity index (χ2n) is 2.34. The van der Waals surface area contributed by atoms with Gasteiger partial charge in [0.15, 0.2) is 0 Å². The first-order valence-electron chi connectivity index (χ1n) is 3.11. The molecule has 0 saturated carbocycles. The molecule has 0 spiro atoms. The Hall–Kier alpha value is -1.76. The van der Waals surface area contributed by atoms with Gasteiger partial charge < -0.3 is 5.48 Å². The summed E-state index contributed by atoms with van der Waals surface area (Å²) >= 11 is 0. The lowest BCUT2D eigenvalue weighted by Gasteiger charge is -2.25. The van der Waals surface area contributed by atoms with Crippen LogP contribution in [0.1, 0.15) is 0 Å². The summed E-state index contributed by atoms with van der Waals surface area (Å²) in [6, 6.07) is -0.787. The molecule has 0 unspecified atom stereocenters. The summed E-state index contributed by atoms with van der Waals surface area (Å²) in [7, 11) is 2.29. The minimum absolute atomic E-state index is 0. The fourth-order valence-corrected chi connectivity index (χ4v) is 0.795. The van der Waals surface area contributed by atoms with E-state index in [1.54, 1.807) is 0 Å². The molecule has 1 fully saturated rings. The number of amides is 4. The molecule has 13 heavy (non-hydrogen) atoms. The van der Waals surface area contributed by atoms with Crippen LogP contribution in [-0.4, -0.2) is 53.0 Å². The fraction of sp³-hybridized carbons (Fsp3) is 0.333. The number of carbonyl (C=O) groups is 4. The van der Waals surface area contributed by atoms with Crippen molar-refractivity contribution < 1.29 is 24.7 Å². The predicted molar refractivity (Wildman–Crippen MR) is 39.6 cm³/mol. The summed E-state index contributed by atoms with van der Waals surface area (Å²) in [6.45, 7) is 0. The van der Waals surface area contributed by atoms with Gasteiger partial charge in [-0.15, -0.1) is 0 Å². The van der Waals surface area contributed by atoms with Crippen LogP contribution >= 0.6 is 0 Å². The number of rotatable bonds is 0. The van der Waals surface area contributed by atoms with Gasteiger partial charge in [-0.25, -0.2) is 4.79 Å². The Morgan fingerprint density at radius 2 is 1.15 bits per heavy atom. The van der Waals surface area contributed by atoms with Crippen LogP contribution in [-0.2, 0) is 14.4 Å². The Bertz CT molecular complexity index is 271. The van der Waals surface area contributed by atoms with Crippen molar-refractivity contribution in [1.82, 2.24) is 9.80 Å². The molecule has 2 N–H and O–H groups in total. The number of ketones is 1. The van der Waals surface area contributed by atoms with Crippen LogP contribution in [0.25, 0.3) is 0 Å². The standard InChI is InChI=1S/C6H6N2O4.H2O/c1-7-4(10)3(9)5(11)8(2)6(7)12;/h1-2H3;1H2. The second-order valence-corrected chi connectivity index (χ2v) is 2.34. The number of Topliss-reactive ketones (excluding diaryl/α,β-unsaturated/α-hetero) is 1. The molecule has 0 radical (unpaired) electrons. The van der Waals surface area contributed by atoms with Gasteiger partial charge in [-0.2, -0.15) is 0 Å². The summed E-state index contributed by atoms with van der Waals surface area (Å²) in [5.41, 5.74) is 0.